The van der Waals surface area contributed by atoms with Crippen molar-refractivity contribution in [2.75, 3.05) is 17.5 Å². The zero-order chi connectivity index (χ0) is 30.1. The Morgan fingerprint density at radius 3 is 2.17 bits per heavy atom. The summed E-state index contributed by atoms with van der Waals surface area (Å²) in [7, 11) is -4.11. The first-order valence-corrected chi connectivity index (χ1v) is 16.1. The zero-order valence-corrected chi connectivity index (χ0v) is 25.5. The van der Waals surface area contributed by atoms with Gasteiger partial charge in [-0.25, -0.2) is 8.42 Å². The van der Waals surface area contributed by atoms with E-state index in [-0.39, 0.29) is 23.4 Å². The lowest BCUT2D eigenvalue weighted by molar-refractivity contribution is -0.140. The molecular formula is C33H41N3O5S. The third-order valence-electron chi connectivity index (χ3n) is 7.61. The fourth-order valence-electron chi connectivity index (χ4n) is 5.30. The summed E-state index contributed by atoms with van der Waals surface area (Å²) in [6.07, 6.45) is 4.39. The van der Waals surface area contributed by atoms with Crippen molar-refractivity contribution in [3.05, 3.63) is 90.0 Å². The van der Waals surface area contributed by atoms with Crippen LogP contribution in [-0.2, 0) is 26.2 Å². The summed E-state index contributed by atoms with van der Waals surface area (Å²) in [6.45, 7) is 5.91. The number of hydrogen-bond donors (Lipinski definition) is 1. The van der Waals surface area contributed by atoms with Crippen LogP contribution in [-0.4, -0.2) is 50.4 Å². The number of rotatable bonds is 13. The van der Waals surface area contributed by atoms with Crippen molar-refractivity contribution in [1.29, 1.82) is 0 Å². The zero-order valence-electron chi connectivity index (χ0n) is 24.7. The molecule has 3 aromatic rings. The van der Waals surface area contributed by atoms with Crippen molar-refractivity contribution in [1.82, 2.24) is 10.2 Å². The average Bonchev–Trinajstić information content (AvgIpc) is 3.51. The van der Waals surface area contributed by atoms with Crippen LogP contribution in [0.4, 0.5) is 5.69 Å². The number of carbonyl (C=O) groups excluding carboxylic acids is 2. The molecule has 42 heavy (non-hydrogen) atoms. The summed E-state index contributed by atoms with van der Waals surface area (Å²) in [5.41, 5.74) is 2.27. The molecule has 0 radical (unpaired) electrons. The number of nitrogens with zero attached hydrogens (tertiary/aromatic N) is 2. The molecule has 2 amide bonds. The van der Waals surface area contributed by atoms with E-state index in [2.05, 4.69) is 5.32 Å². The molecule has 224 valence electrons. The van der Waals surface area contributed by atoms with E-state index in [1.54, 1.807) is 42.5 Å². The Labute approximate surface area is 249 Å². The van der Waals surface area contributed by atoms with Crippen LogP contribution in [0.5, 0.6) is 5.75 Å². The van der Waals surface area contributed by atoms with Crippen LogP contribution in [0.1, 0.15) is 57.1 Å². The predicted molar refractivity (Wildman–Crippen MR) is 165 cm³/mol. The number of anilines is 1. The molecule has 0 spiro atoms. The predicted octanol–water partition coefficient (Wildman–Crippen LogP) is 5.46. The van der Waals surface area contributed by atoms with Gasteiger partial charge in [0.1, 0.15) is 18.3 Å². The van der Waals surface area contributed by atoms with Crippen molar-refractivity contribution in [3.8, 4) is 5.75 Å². The summed E-state index contributed by atoms with van der Waals surface area (Å²) in [5, 5.41) is 3.14. The Balaban J connectivity index is 1.70. The van der Waals surface area contributed by atoms with Gasteiger partial charge in [-0.05, 0) is 75.1 Å². The van der Waals surface area contributed by atoms with E-state index in [0.29, 0.717) is 24.5 Å². The summed E-state index contributed by atoms with van der Waals surface area (Å²) < 4.78 is 34.6. The Morgan fingerprint density at radius 1 is 0.929 bits per heavy atom. The second kappa shape index (κ2) is 14.4. The van der Waals surface area contributed by atoms with Crippen molar-refractivity contribution < 1.29 is 22.7 Å². The molecule has 0 heterocycles. The molecule has 1 unspecified atom stereocenters. The average molecular weight is 592 g/mol. The van der Waals surface area contributed by atoms with Gasteiger partial charge in [0, 0.05) is 12.6 Å². The summed E-state index contributed by atoms with van der Waals surface area (Å²) in [5.74, 6) is -0.0685. The summed E-state index contributed by atoms with van der Waals surface area (Å²) >= 11 is 0. The highest BCUT2D eigenvalue weighted by Crippen LogP contribution is 2.27. The quantitative estimate of drug-likeness (QED) is 0.285. The molecule has 1 saturated carbocycles. The number of hydrogen-bond acceptors (Lipinski definition) is 5. The molecular weight excluding hydrogens is 550 g/mol. The first-order valence-electron chi connectivity index (χ1n) is 14.7. The summed E-state index contributed by atoms with van der Waals surface area (Å²) in [4.78, 5) is 29.3. The third kappa shape index (κ3) is 7.70. The molecule has 1 N–H and O–H groups in total. The number of amides is 2. The lowest BCUT2D eigenvalue weighted by Crippen LogP contribution is -2.53. The Hall–Kier alpha value is -3.85. The molecule has 1 fully saturated rings. The van der Waals surface area contributed by atoms with Crippen LogP contribution in [0.15, 0.2) is 83.8 Å². The first kappa shape index (κ1) is 31.1. The normalized spacial score (nSPS) is 14.3. The maximum atomic E-state index is 14.2. The minimum absolute atomic E-state index is 0.0720. The number of nitrogens with one attached hydrogen (secondary N) is 1. The van der Waals surface area contributed by atoms with Crippen LogP contribution in [0.2, 0.25) is 0 Å². The van der Waals surface area contributed by atoms with E-state index >= 15 is 0 Å². The van der Waals surface area contributed by atoms with Gasteiger partial charge in [-0.1, -0.05) is 67.8 Å². The highest BCUT2D eigenvalue weighted by atomic mass is 32.2. The minimum Gasteiger partial charge on any atom is -0.494 e. The fourth-order valence-corrected chi connectivity index (χ4v) is 6.74. The van der Waals surface area contributed by atoms with Crippen LogP contribution in [0.25, 0.3) is 0 Å². The highest BCUT2D eigenvalue weighted by Gasteiger charge is 2.34. The monoisotopic (exact) mass is 591 g/mol. The van der Waals surface area contributed by atoms with Gasteiger partial charge >= 0.3 is 0 Å². The van der Waals surface area contributed by atoms with Gasteiger partial charge < -0.3 is 15.0 Å². The van der Waals surface area contributed by atoms with Gasteiger partial charge in [0.05, 0.1) is 17.2 Å². The Bertz CT molecular complexity index is 1420. The molecule has 0 aromatic heterocycles. The lowest BCUT2D eigenvalue weighted by atomic mass is 10.1. The van der Waals surface area contributed by atoms with Crippen molar-refractivity contribution in [2.45, 2.75) is 76.4 Å². The van der Waals surface area contributed by atoms with Crippen molar-refractivity contribution in [3.63, 3.8) is 0 Å². The van der Waals surface area contributed by atoms with Gasteiger partial charge in [-0.3, -0.25) is 13.9 Å². The van der Waals surface area contributed by atoms with Gasteiger partial charge in [-0.2, -0.15) is 0 Å². The van der Waals surface area contributed by atoms with E-state index in [9.17, 15) is 18.0 Å². The third-order valence-corrected chi connectivity index (χ3v) is 9.39. The molecule has 0 bridgehead atoms. The lowest BCUT2D eigenvalue weighted by Gasteiger charge is -2.33. The number of aryl methyl sites for hydroxylation is 1. The van der Waals surface area contributed by atoms with E-state index in [1.807, 2.05) is 45.0 Å². The highest BCUT2D eigenvalue weighted by molar-refractivity contribution is 7.92. The van der Waals surface area contributed by atoms with Crippen LogP contribution >= 0.6 is 0 Å². The topological polar surface area (TPSA) is 96.0 Å². The van der Waals surface area contributed by atoms with Crippen LogP contribution < -0.4 is 14.4 Å². The first-order chi connectivity index (χ1) is 20.2. The molecule has 1 aliphatic rings. The van der Waals surface area contributed by atoms with E-state index in [4.69, 9.17) is 4.74 Å². The largest absolute Gasteiger partial charge is 0.494 e. The molecule has 1 atom stereocenters. The van der Waals surface area contributed by atoms with E-state index < -0.39 is 28.5 Å². The maximum absolute atomic E-state index is 14.2. The number of ether oxygens (including phenoxy) is 1. The molecule has 9 heteroatoms. The number of sulfonamides is 1. The molecule has 8 nitrogen and oxygen atoms in total. The SMILES string of the molecule is CCOc1ccc(N(CC(=O)N(Cc2ccc(C)cc2)C(CC)C(=O)NC2CCCC2)S(=O)(=O)c2ccccc2)cc1. The second-order valence-electron chi connectivity index (χ2n) is 10.7. The summed E-state index contributed by atoms with van der Waals surface area (Å²) in [6, 6.07) is 21.8. The fraction of sp³-hybridized carbons (Fsp3) is 0.394. The van der Waals surface area contributed by atoms with Crippen LogP contribution in [0, 0.1) is 6.92 Å². The van der Waals surface area contributed by atoms with Gasteiger partial charge in [-0.15, -0.1) is 0 Å². The Kier molecular flexibility index (Phi) is 10.6. The van der Waals surface area contributed by atoms with Crippen LogP contribution in [0.3, 0.4) is 0 Å². The van der Waals surface area contributed by atoms with E-state index in [0.717, 1.165) is 41.1 Å². The van der Waals surface area contributed by atoms with Gasteiger partial charge in [0.25, 0.3) is 10.0 Å². The molecule has 3 aromatic carbocycles. The molecule has 4 rings (SSSR count). The van der Waals surface area contributed by atoms with Gasteiger partial charge in [0.15, 0.2) is 0 Å². The maximum Gasteiger partial charge on any atom is 0.264 e. The standard InChI is InChI=1S/C33H41N3O5S/c1-4-31(33(38)34-27-11-9-10-12-27)35(23-26-17-15-25(3)16-18-26)32(37)24-36(28-19-21-29(22-20-28)41-5-2)42(39,40)30-13-7-6-8-14-30/h6-8,13-22,27,31H,4-5,9-12,23-24H2,1-3H3,(H,34,38). The molecule has 0 aliphatic heterocycles. The second-order valence-corrected chi connectivity index (χ2v) is 12.5. The van der Waals surface area contributed by atoms with E-state index in [1.165, 1.54) is 17.0 Å². The smallest absolute Gasteiger partial charge is 0.264 e. The molecule has 1 aliphatic carbocycles. The number of carbonyl (C=O) groups is 2. The minimum atomic E-state index is -4.11. The van der Waals surface area contributed by atoms with Gasteiger partial charge in [0.2, 0.25) is 11.8 Å². The Morgan fingerprint density at radius 2 is 1.57 bits per heavy atom. The molecule has 0 saturated heterocycles. The van der Waals surface area contributed by atoms with Crippen molar-refractivity contribution in [2.24, 2.45) is 0 Å². The van der Waals surface area contributed by atoms with Crippen molar-refractivity contribution >= 4 is 27.5 Å². The number of benzene rings is 3.